The van der Waals surface area contributed by atoms with Crippen LogP contribution in [0.1, 0.15) is 50.7 Å². The summed E-state index contributed by atoms with van der Waals surface area (Å²) in [5.74, 6) is 0.569. The zero-order valence-corrected chi connectivity index (χ0v) is 20.8. The van der Waals surface area contributed by atoms with Crippen molar-refractivity contribution in [3.05, 3.63) is 58.6 Å². The van der Waals surface area contributed by atoms with Crippen molar-refractivity contribution in [2.75, 3.05) is 38.0 Å². The standard InChI is InChI=1S/C24H32ClN3O3S/c1-17(2)21-6-5-7-22(18(3)4)24(21)26-23(29)16-27-12-14-28(15-13-27)32(30,31)20-10-8-19(25)9-11-20/h5-11,17-18H,12-16H2,1-4H3,(H,26,29)/p+1. The van der Waals surface area contributed by atoms with Crippen LogP contribution >= 0.6 is 11.6 Å². The van der Waals surface area contributed by atoms with Gasteiger partial charge in [-0.05, 0) is 47.2 Å². The first-order valence-corrected chi connectivity index (χ1v) is 12.9. The minimum Gasteiger partial charge on any atom is -0.325 e. The van der Waals surface area contributed by atoms with Gasteiger partial charge in [0.25, 0.3) is 5.91 Å². The molecule has 6 nitrogen and oxygen atoms in total. The van der Waals surface area contributed by atoms with Crippen LogP contribution in [0.2, 0.25) is 5.02 Å². The van der Waals surface area contributed by atoms with Crippen LogP contribution in [0.15, 0.2) is 47.4 Å². The summed E-state index contributed by atoms with van der Waals surface area (Å²) in [5, 5.41) is 3.66. The summed E-state index contributed by atoms with van der Waals surface area (Å²) >= 11 is 5.88. The van der Waals surface area contributed by atoms with Gasteiger partial charge in [-0.3, -0.25) is 4.79 Å². The molecule has 174 valence electrons. The average molecular weight is 479 g/mol. The lowest BCUT2D eigenvalue weighted by Gasteiger charge is -2.31. The number of benzene rings is 2. The van der Waals surface area contributed by atoms with Gasteiger partial charge in [0, 0.05) is 10.7 Å². The van der Waals surface area contributed by atoms with Gasteiger partial charge in [0.15, 0.2) is 6.54 Å². The zero-order chi connectivity index (χ0) is 23.5. The molecule has 3 rings (SSSR count). The van der Waals surface area contributed by atoms with Gasteiger partial charge in [-0.1, -0.05) is 57.5 Å². The first kappa shape index (κ1) is 24.7. The molecule has 1 heterocycles. The molecule has 0 spiro atoms. The SMILES string of the molecule is CC(C)c1cccc(C(C)C)c1NC(=O)C[NH+]1CCN(S(=O)(=O)c2ccc(Cl)cc2)CC1. The molecule has 0 saturated carbocycles. The number of quaternary nitrogens is 1. The number of halogens is 1. The van der Waals surface area contributed by atoms with Gasteiger partial charge < -0.3 is 10.2 Å². The maximum atomic E-state index is 12.9. The Hall–Kier alpha value is -1.93. The summed E-state index contributed by atoms with van der Waals surface area (Å²) < 4.78 is 27.2. The van der Waals surface area contributed by atoms with Crippen molar-refractivity contribution < 1.29 is 18.1 Å². The molecule has 0 atom stereocenters. The fourth-order valence-corrected chi connectivity index (χ4v) is 5.65. The van der Waals surface area contributed by atoms with Crippen LogP contribution in [0, 0.1) is 0 Å². The van der Waals surface area contributed by atoms with Crippen molar-refractivity contribution in [1.82, 2.24) is 4.31 Å². The summed E-state index contributed by atoms with van der Waals surface area (Å²) in [7, 11) is -3.55. The maximum absolute atomic E-state index is 12.9. The Bertz CT molecular complexity index is 1020. The monoisotopic (exact) mass is 478 g/mol. The second-order valence-corrected chi connectivity index (χ2v) is 11.3. The molecule has 0 aliphatic carbocycles. The number of carbonyl (C=O) groups excluding carboxylic acids is 1. The number of amides is 1. The van der Waals surface area contributed by atoms with Crippen molar-refractivity contribution in [1.29, 1.82) is 0 Å². The summed E-state index contributed by atoms with van der Waals surface area (Å²) in [4.78, 5) is 14.2. The molecule has 2 N–H and O–H groups in total. The lowest BCUT2D eigenvalue weighted by atomic mass is 9.92. The van der Waals surface area contributed by atoms with Crippen LogP contribution in [0.4, 0.5) is 5.69 Å². The molecule has 8 heteroatoms. The fraction of sp³-hybridized carbons (Fsp3) is 0.458. The Labute approximate surface area is 196 Å². The molecule has 0 bridgehead atoms. The Morgan fingerprint density at radius 2 is 1.53 bits per heavy atom. The van der Waals surface area contributed by atoms with Gasteiger partial charge in [0.2, 0.25) is 10.0 Å². The van der Waals surface area contributed by atoms with Crippen LogP contribution in [0.5, 0.6) is 0 Å². The van der Waals surface area contributed by atoms with Gasteiger partial charge in [-0.2, -0.15) is 4.31 Å². The largest absolute Gasteiger partial charge is 0.325 e. The Kier molecular flexibility index (Phi) is 7.98. The van der Waals surface area contributed by atoms with E-state index in [0.717, 1.165) is 21.7 Å². The quantitative estimate of drug-likeness (QED) is 0.642. The molecule has 0 unspecified atom stereocenters. The van der Waals surface area contributed by atoms with Crippen molar-refractivity contribution in [3.8, 4) is 0 Å². The molecule has 32 heavy (non-hydrogen) atoms. The zero-order valence-electron chi connectivity index (χ0n) is 19.2. The van der Waals surface area contributed by atoms with Crippen molar-refractivity contribution in [3.63, 3.8) is 0 Å². The minimum absolute atomic E-state index is 0.0380. The molecule has 0 aromatic heterocycles. The number of para-hydroxylation sites is 1. The molecule has 0 radical (unpaired) electrons. The van der Waals surface area contributed by atoms with E-state index in [2.05, 4.69) is 45.1 Å². The number of anilines is 1. The topological polar surface area (TPSA) is 70.9 Å². The van der Waals surface area contributed by atoms with E-state index >= 15 is 0 Å². The second kappa shape index (κ2) is 10.3. The van der Waals surface area contributed by atoms with Gasteiger partial charge >= 0.3 is 0 Å². The normalized spacial score (nSPS) is 16.0. The predicted molar refractivity (Wildman–Crippen MR) is 129 cm³/mol. The van der Waals surface area contributed by atoms with Gasteiger partial charge in [0.1, 0.15) is 0 Å². The number of rotatable bonds is 7. The number of piperazine rings is 1. The lowest BCUT2D eigenvalue weighted by molar-refractivity contribution is -0.895. The molecule has 1 aliphatic heterocycles. The number of nitrogens with one attached hydrogen (secondary N) is 2. The summed E-state index contributed by atoms with van der Waals surface area (Å²) in [6.45, 7) is 10.8. The Balaban J connectivity index is 1.63. The highest BCUT2D eigenvalue weighted by molar-refractivity contribution is 7.89. The second-order valence-electron chi connectivity index (χ2n) is 8.95. The minimum atomic E-state index is -3.55. The van der Waals surface area contributed by atoms with Gasteiger partial charge in [-0.25, -0.2) is 8.42 Å². The molecule has 2 aromatic carbocycles. The number of sulfonamides is 1. The summed E-state index contributed by atoms with van der Waals surface area (Å²) in [5.41, 5.74) is 3.20. The van der Waals surface area contributed by atoms with E-state index in [1.165, 1.54) is 16.4 Å². The van der Waals surface area contributed by atoms with Gasteiger partial charge in [-0.15, -0.1) is 0 Å². The summed E-state index contributed by atoms with van der Waals surface area (Å²) in [6, 6.07) is 12.4. The van der Waals surface area contributed by atoms with Crippen LogP contribution < -0.4 is 10.2 Å². The number of carbonyl (C=O) groups is 1. The lowest BCUT2D eigenvalue weighted by Crippen LogP contribution is -3.15. The third-order valence-electron chi connectivity index (χ3n) is 5.93. The van der Waals surface area contributed by atoms with E-state index in [9.17, 15) is 13.2 Å². The molecule has 1 fully saturated rings. The Morgan fingerprint density at radius 3 is 2.03 bits per heavy atom. The molecule has 1 amide bonds. The number of nitrogens with zero attached hydrogens (tertiary/aromatic N) is 1. The van der Waals surface area contributed by atoms with Crippen LogP contribution in [-0.2, 0) is 14.8 Å². The smallest absolute Gasteiger partial charge is 0.279 e. The molecule has 1 aliphatic rings. The van der Waals surface area contributed by atoms with Crippen molar-refractivity contribution in [2.24, 2.45) is 0 Å². The van der Waals surface area contributed by atoms with E-state index in [0.29, 0.717) is 49.6 Å². The molecule has 2 aromatic rings. The van der Waals surface area contributed by atoms with E-state index in [-0.39, 0.29) is 10.8 Å². The maximum Gasteiger partial charge on any atom is 0.279 e. The average Bonchev–Trinajstić information content (AvgIpc) is 2.74. The molecule has 1 saturated heterocycles. The van der Waals surface area contributed by atoms with Crippen LogP contribution in [-0.4, -0.2) is 51.4 Å². The van der Waals surface area contributed by atoms with Crippen LogP contribution in [0.3, 0.4) is 0 Å². The third-order valence-corrected chi connectivity index (χ3v) is 8.09. The fourth-order valence-electron chi connectivity index (χ4n) is 4.08. The third kappa shape index (κ3) is 5.70. The molecular formula is C24H33ClN3O3S+. The first-order chi connectivity index (χ1) is 15.1. The first-order valence-electron chi connectivity index (χ1n) is 11.1. The van der Waals surface area contributed by atoms with Gasteiger partial charge in [0.05, 0.1) is 31.1 Å². The van der Waals surface area contributed by atoms with E-state index in [1.807, 2.05) is 6.07 Å². The van der Waals surface area contributed by atoms with Crippen molar-refractivity contribution in [2.45, 2.75) is 44.4 Å². The number of hydrogen-bond donors (Lipinski definition) is 2. The van der Waals surface area contributed by atoms with E-state index < -0.39 is 10.0 Å². The predicted octanol–water partition coefficient (Wildman–Crippen LogP) is 3.11. The highest BCUT2D eigenvalue weighted by Gasteiger charge is 2.31. The van der Waals surface area contributed by atoms with E-state index in [4.69, 9.17) is 11.6 Å². The highest BCUT2D eigenvalue weighted by atomic mass is 35.5. The molecular weight excluding hydrogens is 446 g/mol. The van der Waals surface area contributed by atoms with Crippen LogP contribution in [0.25, 0.3) is 0 Å². The highest BCUT2D eigenvalue weighted by Crippen LogP contribution is 2.32. The Morgan fingerprint density at radius 1 is 1.00 bits per heavy atom. The number of hydrogen-bond acceptors (Lipinski definition) is 3. The van der Waals surface area contributed by atoms with Crippen molar-refractivity contribution >= 4 is 33.2 Å². The van der Waals surface area contributed by atoms with E-state index in [1.54, 1.807) is 12.1 Å². The summed E-state index contributed by atoms with van der Waals surface area (Å²) in [6.07, 6.45) is 0.